The summed E-state index contributed by atoms with van der Waals surface area (Å²) in [5.74, 6) is 1.40. The third-order valence-electron chi connectivity index (χ3n) is 8.29. The maximum atomic E-state index is 5.15. The summed E-state index contributed by atoms with van der Waals surface area (Å²) in [5.41, 5.74) is 4.69. The molecule has 0 aromatic heterocycles. The highest BCUT2D eigenvalue weighted by molar-refractivity contribution is 8.00. The molecule has 5 aromatic rings. The van der Waals surface area contributed by atoms with Gasteiger partial charge in [-0.05, 0) is 45.8 Å². The lowest BCUT2D eigenvalue weighted by Crippen LogP contribution is -2.44. The molecule has 200 valence electrons. The fourth-order valence-corrected chi connectivity index (χ4v) is 7.44. The van der Waals surface area contributed by atoms with E-state index in [9.17, 15) is 0 Å². The van der Waals surface area contributed by atoms with Gasteiger partial charge in [-0.3, -0.25) is 5.32 Å². The van der Waals surface area contributed by atoms with E-state index in [0.29, 0.717) is 11.3 Å². The largest absolute Gasteiger partial charge is 0.371 e. The molecule has 2 heterocycles. The van der Waals surface area contributed by atoms with E-state index in [2.05, 4.69) is 137 Å². The first kappa shape index (κ1) is 24.5. The molecular weight excluding hydrogens is 520 g/mol. The van der Waals surface area contributed by atoms with Gasteiger partial charge in [0.1, 0.15) is 18.2 Å². The molecule has 0 fully saturated rings. The molecule has 4 atom stereocenters. The topological polar surface area (TPSA) is 48.5 Å². The second-order valence-electron chi connectivity index (χ2n) is 10.9. The lowest BCUT2D eigenvalue weighted by molar-refractivity contribution is 0.409. The number of hydrogen-bond donors (Lipinski definition) is 3. The highest BCUT2D eigenvalue weighted by Crippen LogP contribution is 2.48. The minimum Gasteiger partial charge on any atom is -0.371 e. The summed E-state index contributed by atoms with van der Waals surface area (Å²) < 4.78 is 0. The van der Waals surface area contributed by atoms with Crippen LogP contribution in [0.2, 0.25) is 0 Å². The molecule has 3 N–H and O–H groups in total. The molecule has 5 heteroatoms. The molecular formula is C36H30N4S. The van der Waals surface area contributed by atoms with Crippen molar-refractivity contribution >= 4 is 44.8 Å². The molecule has 0 radical (unpaired) electrons. The van der Waals surface area contributed by atoms with Crippen molar-refractivity contribution in [3.63, 3.8) is 0 Å². The predicted octanol–water partition coefficient (Wildman–Crippen LogP) is 8.31. The van der Waals surface area contributed by atoms with Crippen molar-refractivity contribution in [3.05, 3.63) is 144 Å². The van der Waals surface area contributed by atoms with Crippen molar-refractivity contribution in [1.29, 1.82) is 0 Å². The first-order chi connectivity index (χ1) is 20.3. The molecule has 4 unspecified atom stereocenters. The third-order valence-corrected chi connectivity index (χ3v) is 9.61. The summed E-state index contributed by atoms with van der Waals surface area (Å²) in [6, 6.07) is 36.8. The number of benzene rings is 5. The lowest BCUT2D eigenvalue weighted by atomic mass is 9.97. The van der Waals surface area contributed by atoms with E-state index in [4.69, 9.17) is 4.99 Å². The van der Waals surface area contributed by atoms with Gasteiger partial charge in [-0.2, -0.15) is 0 Å². The SMILES string of the molecule is C1=CCC(C2Nc3c(ccc4ccc5cc(C6N=C(c7ccccc7)NC(c7ccccc7)N6)ccc5c34)S2)C=C1. The fraction of sp³-hybridized carbons (Fsp3) is 0.139. The van der Waals surface area contributed by atoms with Crippen molar-refractivity contribution in [2.45, 2.75) is 29.0 Å². The van der Waals surface area contributed by atoms with Crippen LogP contribution in [0.15, 0.2) is 137 Å². The van der Waals surface area contributed by atoms with Crippen molar-refractivity contribution < 1.29 is 0 Å². The number of amidine groups is 1. The van der Waals surface area contributed by atoms with Gasteiger partial charge in [-0.1, -0.05) is 127 Å². The van der Waals surface area contributed by atoms with Crippen LogP contribution in [0.25, 0.3) is 21.5 Å². The fourth-order valence-electron chi connectivity index (χ4n) is 6.18. The van der Waals surface area contributed by atoms with Gasteiger partial charge in [0.25, 0.3) is 0 Å². The van der Waals surface area contributed by atoms with Gasteiger partial charge in [-0.15, -0.1) is 0 Å². The minimum atomic E-state index is -0.178. The van der Waals surface area contributed by atoms with E-state index in [1.807, 2.05) is 17.8 Å². The maximum Gasteiger partial charge on any atom is 0.131 e. The number of nitrogens with one attached hydrogen (secondary N) is 3. The van der Waals surface area contributed by atoms with Gasteiger partial charge < -0.3 is 10.6 Å². The summed E-state index contributed by atoms with van der Waals surface area (Å²) in [5, 5.41) is 16.7. The zero-order valence-corrected chi connectivity index (χ0v) is 23.3. The zero-order valence-electron chi connectivity index (χ0n) is 22.5. The number of allylic oxidation sites excluding steroid dienone is 3. The molecule has 0 amide bonds. The normalized spacial score (nSPS) is 23.2. The Bertz CT molecular complexity index is 1840. The Morgan fingerprint density at radius 3 is 2.37 bits per heavy atom. The zero-order chi connectivity index (χ0) is 27.2. The Morgan fingerprint density at radius 2 is 1.54 bits per heavy atom. The molecule has 4 nitrogen and oxygen atoms in total. The Morgan fingerprint density at radius 1 is 0.732 bits per heavy atom. The van der Waals surface area contributed by atoms with E-state index >= 15 is 0 Å². The van der Waals surface area contributed by atoms with Crippen molar-refractivity contribution in [2.75, 3.05) is 5.32 Å². The first-order valence-corrected chi connectivity index (χ1v) is 15.1. The molecule has 41 heavy (non-hydrogen) atoms. The van der Waals surface area contributed by atoms with E-state index in [1.165, 1.54) is 37.7 Å². The Kier molecular flexibility index (Phi) is 6.12. The molecule has 0 saturated heterocycles. The molecule has 0 saturated carbocycles. The standard InChI is InChI=1S/C36H30N4S/c1-4-10-24(11-5-1)33-38-34(25-12-6-2-7-13-25)40-35(39-33)28-18-20-29-27(22-28)17-16-23-19-21-30-32(31(23)29)37-36(41-30)26-14-8-3-9-15-26/h1-14,16-22,26,33,35-37,39H,15H2,(H,38,40). The molecule has 0 spiro atoms. The summed E-state index contributed by atoms with van der Waals surface area (Å²) >= 11 is 1.96. The van der Waals surface area contributed by atoms with Crippen LogP contribution in [-0.2, 0) is 0 Å². The van der Waals surface area contributed by atoms with Crippen LogP contribution in [0.3, 0.4) is 0 Å². The van der Waals surface area contributed by atoms with Crippen LogP contribution in [0.1, 0.15) is 35.4 Å². The number of fused-ring (bicyclic) bond motifs is 5. The summed E-state index contributed by atoms with van der Waals surface area (Å²) in [6.07, 6.45) is 9.78. The average Bonchev–Trinajstić information content (AvgIpc) is 3.50. The van der Waals surface area contributed by atoms with Gasteiger partial charge in [-0.25, -0.2) is 4.99 Å². The quantitative estimate of drug-likeness (QED) is 0.197. The second kappa shape index (κ2) is 10.3. The maximum absolute atomic E-state index is 5.15. The molecule has 2 aliphatic heterocycles. The Hall–Kier alpha value is -4.32. The van der Waals surface area contributed by atoms with Crippen LogP contribution in [0.4, 0.5) is 5.69 Å². The molecule has 0 bridgehead atoms. The van der Waals surface area contributed by atoms with Crippen LogP contribution in [0, 0.1) is 5.92 Å². The highest BCUT2D eigenvalue weighted by Gasteiger charge is 2.30. The summed E-state index contributed by atoms with van der Waals surface area (Å²) in [4.78, 5) is 6.49. The number of rotatable bonds is 4. The molecule has 5 aromatic carbocycles. The number of aliphatic imine (C=N–C) groups is 1. The number of thioether (sulfide) groups is 1. The number of anilines is 1. The van der Waals surface area contributed by atoms with Crippen LogP contribution in [0.5, 0.6) is 0 Å². The molecule has 8 rings (SSSR count). The monoisotopic (exact) mass is 550 g/mol. The van der Waals surface area contributed by atoms with Crippen LogP contribution < -0.4 is 16.0 Å². The Balaban J connectivity index is 1.19. The van der Waals surface area contributed by atoms with E-state index in [-0.39, 0.29) is 12.3 Å². The Labute approximate surface area is 244 Å². The summed E-state index contributed by atoms with van der Waals surface area (Å²) in [7, 11) is 0. The van der Waals surface area contributed by atoms with Gasteiger partial charge in [0.15, 0.2) is 0 Å². The van der Waals surface area contributed by atoms with Crippen LogP contribution >= 0.6 is 11.8 Å². The van der Waals surface area contributed by atoms with Crippen molar-refractivity contribution in [1.82, 2.24) is 10.6 Å². The molecule has 1 aliphatic carbocycles. The summed E-state index contributed by atoms with van der Waals surface area (Å²) in [6.45, 7) is 0. The van der Waals surface area contributed by atoms with Gasteiger partial charge in [0.05, 0.1) is 11.1 Å². The minimum absolute atomic E-state index is 0.0497. The second-order valence-corrected chi connectivity index (χ2v) is 12.1. The van der Waals surface area contributed by atoms with E-state index < -0.39 is 0 Å². The number of hydrogen-bond acceptors (Lipinski definition) is 5. The lowest BCUT2D eigenvalue weighted by Gasteiger charge is -2.32. The first-order valence-electron chi connectivity index (χ1n) is 14.3. The highest BCUT2D eigenvalue weighted by atomic mass is 32.2. The predicted molar refractivity (Wildman–Crippen MR) is 172 cm³/mol. The van der Waals surface area contributed by atoms with Gasteiger partial charge in [0, 0.05) is 21.8 Å². The van der Waals surface area contributed by atoms with Crippen molar-refractivity contribution in [3.8, 4) is 0 Å². The van der Waals surface area contributed by atoms with Gasteiger partial charge >= 0.3 is 0 Å². The van der Waals surface area contributed by atoms with Crippen LogP contribution in [-0.4, -0.2) is 11.2 Å². The van der Waals surface area contributed by atoms with E-state index in [0.717, 1.165) is 23.4 Å². The molecule has 3 aliphatic rings. The third kappa shape index (κ3) is 4.51. The number of nitrogens with zero attached hydrogens (tertiary/aromatic N) is 1. The van der Waals surface area contributed by atoms with Gasteiger partial charge in [0.2, 0.25) is 0 Å². The van der Waals surface area contributed by atoms with Crippen molar-refractivity contribution in [2.24, 2.45) is 10.9 Å². The van der Waals surface area contributed by atoms with E-state index in [1.54, 1.807) is 0 Å². The smallest absolute Gasteiger partial charge is 0.131 e. The average molecular weight is 551 g/mol.